The number of rotatable bonds is 5. The van der Waals surface area contributed by atoms with Crippen LogP contribution in [0.1, 0.15) is 32.6 Å². The lowest BCUT2D eigenvalue weighted by Gasteiger charge is -2.32. The minimum Gasteiger partial charge on any atom is -0.399 e. The minimum absolute atomic E-state index is 0.388. The zero-order chi connectivity index (χ0) is 28.1. The Kier molecular flexibility index (Phi) is 6.99. The molecule has 39 heavy (non-hydrogen) atoms. The van der Waals surface area contributed by atoms with Gasteiger partial charge in [0.1, 0.15) is 5.69 Å². The van der Waals surface area contributed by atoms with Crippen molar-refractivity contribution in [1.29, 1.82) is 0 Å². The van der Waals surface area contributed by atoms with Crippen LogP contribution in [-0.2, 0) is 9.31 Å². The van der Waals surface area contributed by atoms with Crippen LogP contribution in [0.3, 0.4) is 0 Å². The van der Waals surface area contributed by atoms with Crippen molar-refractivity contribution in [3.63, 3.8) is 0 Å². The Labute approximate surface area is 227 Å². The summed E-state index contributed by atoms with van der Waals surface area (Å²) in [5.41, 5.74) is 0.842. The Morgan fingerprint density at radius 3 is 1.74 bits per heavy atom. The fraction of sp³-hybridized carbons (Fsp3) is 0.207. The van der Waals surface area contributed by atoms with Gasteiger partial charge in [0, 0.05) is 21.4 Å². The normalized spacial score (nSPS) is 16.4. The molecule has 5 rings (SSSR count). The van der Waals surface area contributed by atoms with Crippen molar-refractivity contribution >= 4 is 35.8 Å². The molecule has 0 unspecified atom stereocenters. The highest BCUT2D eigenvalue weighted by Crippen LogP contribution is 2.38. The van der Waals surface area contributed by atoms with E-state index in [-0.39, 0.29) is 0 Å². The molecule has 0 bridgehead atoms. The fourth-order valence-electron chi connectivity index (χ4n) is 4.10. The molecular formula is C29H23BF5NO2S. The lowest BCUT2D eigenvalue weighted by molar-refractivity contribution is 0.00578. The predicted octanol–water partition coefficient (Wildman–Crippen LogP) is 7.83. The van der Waals surface area contributed by atoms with Gasteiger partial charge < -0.3 is 9.31 Å². The van der Waals surface area contributed by atoms with Gasteiger partial charge in [-0.2, -0.15) is 0 Å². The molecule has 0 N–H and O–H groups in total. The molecule has 0 atom stereocenters. The lowest BCUT2D eigenvalue weighted by atomic mass is 9.79. The zero-order valence-electron chi connectivity index (χ0n) is 21.5. The summed E-state index contributed by atoms with van der Waals surface area (Å²) < 4.78 is 81.9. The van der Waals surface area contributed by atoms with Crippen molar-refractivity contribution < 1.29 is 31.3 Å². The van der Waals surface area contributed by atoms with Gasteiger partial charge in [-0.15, -0.1) is 11.3 Å². The molecule has 1 aliphatic heterocycles. The minimum atomic E-state index is -2.24. The highest BCUT2D eigenvalue weighted by molar-refractivity contribution is 7.18. The molecule has 1 saturated heterocycles. The maximum atomic E-state index is 14.3. The first-order valence-corrected chi connectivity index (χ1v) is 12.9. The van der Waals surface area contributed by atoms with E-state index in [1.165, 1.54) is 11.3 Å². The van der Waals surface area contributed by atoms with Crippen molar-refractivity contribution in [2.75, 3.05) is 0 Å². The van der Waals surface area contributed by atoms with Gasteiger partial charge >= 0.3 is 7.12 Å². The van der Waals surface area contributed by atoms with Crippen LogP contribution in [0.2, 0.25) is 0 Å². The fourth-order valence-corrected chi connectivity index (χ4v) is 5.16. The van der Waals surface area contributed by atoms with E-state index in [1.807, 2.05) is 88.4 Å². The van der Waals surface area contributed by atoms with E-state index in [0.717, 1.165) is 27.8 Å². The molecule has 0 radical (unpaired) electrons. The number of nitrogens with zero attached hydrogens (tertiary/aromatic N) is 1. The molecule has 0 aliphatic carbocycles. The summed E-state index contributed by atoms with van der Waals surface area (Å²) in [5, 5.41) is 0. The van der Waals surface area contributed by atoms with Crippen LogP contribution >= 0.6 is 11.3 Å². The first-order valence-electron chi connectivity index (χ1n) is 12.1. The smallest absolute Gasteiger partial charge is 0.399 e. The third-order valence-electron chi connectivity index (χ3n) is 7.07. The zero-order valence-corrected chi connectivity index (χ0v) is 22.3. The van der Waals surface area contributed by atoms with Gasteiger partial charge in [0.05, 0.1) is 11.2 Å². The summed E-state index contributed by atoms with van der Waals surface area (Å²) in [6, 6.07) is 19.5. The van der Waals surface area contributed by atoms with Crippen LogP contribution in [0.4, 0.5) is 27.6 Å². The Bertz CT molecular complexity index is 1520. The molecule has 0 spiro atoms. The monoisotopic (exact) mass is 555 g/mol. The SMILES string of the molecule is CC1(C)OB(c2cc(-c3ccc(-c4ccccc4)cc3)sc2C=Nc2c(F)c(F)c(F)c(F)c2F)OC1(C)C. The molecule has 200 valence electrons. The van der Waals surface area contributed by atoms with Crippen molar-refractivity contribution in [1.82, 2.24) is 0 Å². The molecular weight excluding hydrogens is 532 g/mol. The third kappa shape index (κ3) is 4.92. The van der Waals surface area contributed by atoms with Gasteiger partial charge in [-0.25, -0.2) is 26.9 Å². The van der Waals surface area contributed by atoms with E-state index in [1.54, 1.807) is 0 Å². The third-order valence-corrected chi connectivity index (χ3v) is 8.21. The summed E-state index contributed by atoms with van der Waals surface area (Å²) >= 11 is 1.23. The summed E-state index contributed by atoms with van der Waals surface area (Å²) in [6.45, 7) is 7.52. The first-order chi connectivity index (χ1) is 18.4. The van der Waals surface area contributed by atoms with Crippen LogP contribution in [0.15, 0.2) is 65.7 Å². The maximum absolute atomic E-state index is 14.3. The number of thiophene rings is 1. The molecule has 0 amide bonds. The van der Waals surface area contributed by atoms with Gasteiger partial charge in [-0.05, 0) is 50.5 Å². The van der Waals surface area contributed by atoms with E-state index in [0.29, 0.717) is 10.3 Å². The lowest BCUT2D eigenvalue weighted by Crippen LogP contribution is -2.41. The second-order valence-electron chi connectivity index (χ2n) is 10.1. The van der Waals surface area contributed by atoms with Crippen molar-refractivity contribution in [3.8, 4) is 21.6 Å². The highest BCUT2D eigenvalue weighted by Gasteiger charge is 2.52. The van der Waals surface area contributed by atoms with Crippen LogP contribution < -0.4 is 5.46 Å². The molecule has 3 aromatic carbocycles. The van der Waals surface area contributed by atoms with Crippen LogP contribution in [0.25, 0.3) is 21.6 Å². The van der Waals surface area contributed by atoms with Gasteiger partial charge in [-0.1, -0.05) is 54.6 Å². The first kappa shape index (κ1) is 27.2. The number of hydrogen-bond donors (Lipinski definition) is 0. The van der Waals surface area contributed by atoms with E-state index in [2.05, 4.69) is 4.99 Å². The topological polar surface area (TPSA) is 30.8 Å². The molecule has 1 aliphatic rings. The van der Waals surface area contributed by atoms with Gasteiger partial charge in [0.15, 0.2) is 23.3 Å². The number of aliphatic imine (C=N–C) groups is 1. The second kappa shape index (κ2) is 10.0. The molecule has 2 heterocycles. The van der Waals surface area contributed by atoms with Crippen molar-refractivity contribution in [2.45, 2.75) is 38.9 Å². The average Bonchev–Trinajstić information content (AvgIpc) is 3.44. The number of hydrogen-bond acceptors (Lipinski definition) is 4. The largest absolute Gasteiger partial charge is 0.496 e. The van der Waals surface area contributed by atoms with Crippen LogP contribution in [-0.4, -0.2) is 24.5 Å². The number of halogens is 5. The predicted molar refractivity (Wildman–Crippen MR) is 144 cm³/mol. The second-order valence-corrected chi connectivity index (χ2v) is 11.2. The van der Waals surface area contributed by atoms with Gasteiger partial charge in [0.2, 0.25) is 5.82 Å². The van der Waals surface area contributed by atoms with Crippen LogP contribution in [0.5, 0.6) is 0 Å². The van der Waals surface area contributed by atoms with Gasteiger partial charge in [-0.3, -0.25) is 0 Å². The molecule has 1 aromatic heterocycles. The van der Waals surface area contributed by atoms with E-state index < -0.39 is 53.1 Å². The Hall–Kier alpha value is -3.34. The summed E-state index contributed by atoms with van der Waals surface area (Å²) in [4.78, 5) is 4.85. The molecule has 0 saturated carbocycles. The Balaban J connectivity index is 1.57. The molecule has 10 heteroatoms. The average molecular weight is 555 g/mol. The van der Waals surface area contributed by atoms with E-state index in [9.17, 15) is 22.0 Å². The van der Waals surface area contributed by atoms with E-state index >= 15 is 0 Å². The highest BCUT2D eigenvalue weighted by atomic mass is 32.1. The molecule has 3 nitrogen and oxygen atoms in total. The van der Waals surface area contributed by atoms with Crippen LogP contribution in [0, 0.1) is 29.1 Å². The molecule has 4 aromatic rings. The van der Waals surface area contributed by atoms with Crippen molar-refractivity contribution in [3.05, 3.63) is 94.6 Å². The summed E-state index contributed by atoms with van der Waals surface area (Å²) in [7, 11) is -0.846. The summed E-state index contributed by atoms with van der Waals surface area (Å²) in [6.07, 6.45) is 1.07. The maximum Gasteiger partial charge on any atom is 0.496 e. The van der Waals surface area contributed by atoms with E-state index in [4.69, 9.17) is 9.31 Å². The summed E-state index contributed by atoms with van der Waals surface area (Å²) in [5.74, 6) is -10.4. The van der Waals surface area contributed by atoms with Gasteiger partial charge in [0.25, 0.3) is 0 Å². The number of benzene rings is 3. The van der Waals surface area contributed by atoms with Crippen molar-refractivity contribution in [2.24, 2.45) is 4.99 Å². The molecule has 1 fully saturated rings. The Morgan fingerprint density at radius 1 is 0.692 bits per heavy atom. The standard InChI is InChI=1S/C29H23BF5NO2S/c1-28(2)29(3,4)38-30(37-28)19-14-20(18-12-10-17(11-13-18)16-8-6-5-7-9-16)39-21(19)15-36-27-25(34)23(32)22(31)24(33)26(27)35/h5-15H,1-4H3. The quantitative estimate of drug-likeness (QED) is 0.0827. The Morgan fingerprint density at radius 2 is 1.18 bits per heavy atom.